The molecule has 0 aromatic rings. The molecular formula is C34H50N2O11. The number of esters is 1. The molecule has 6 N–H and O–H groups in total. The standard InChI is InChI=1S/C34H50N2O11/c1-17(2)28(30(43)36-29(18(3)37)31(44)45)35-25(41)8-9-26(42)47-16-24(40)34(46)13-11-22-21-7-6-19-14-20(38)10-12-32(19,4)27(21)23(39)15-33(22,34)5/h14,17-18,21-23,27-29,37,39,46H,6-13,15-16H2,1-5H3,(H,35,41)(H,36,43)(H,44,45)/t18-,21-,22+,23+,27+,28+,29+,32+,33+,34+/m1/s1. The van der Waals surface area contributed by atoms with Gasteiger partial charge in [0.05, 0.1) is 18.6 Å². The lowest BCUT2D eigenvalue weighted by atomic mass is 9.45. The Kier molecular flexibility index (Phi) is 10.7. The van der Waals surface area contributed by atoms with E-state index in [9.17, 15) is 49.2 Å². The van der Waals surface area contributed by atoms with Crippen LogP contribution >= 0.6 is 0 Å². The Morgan fingerprint density at radius 2 is 1.68 bits per heavy atom. The highest BCUT2D eigenvalue weighted by Gasteiger charge is 2.68. The van der Waals surface area contributed by atoms with Crippen LogP contribution in [-0.4, -0.2) is 92.2 Å². The molecule has 0 radical (unpaired) electrons. The smallest absolute Gasteiger partial charge is 0.328 e. The molecule has 13 nitrogen and oxygen atoms in total. The number of fused-ring (bicyclic) bond motifs is 5. The zero-order chi connectivity index (χ0) is 35.1. The van der Waals surface area contributed by atoms with E-state index in [4.69, 9.17) is 4.74 Å². The first kappa shape index (κ1) is 36.7. The van der Waals surface area contributed by atoms with Crippen LogP contribution < -0.4 is 10.6 Å². The monoisotopic (exact) mass is 662 g/mol. The molecule has 0 aliphatic heterocycles. The molecule has 3 saturated carbocycles. The van der Waals surface area contributed by atoms with Crippen molar-refractivity contribution in [1.82, 2.24) is 10.6 Å². The molecule has 0 aromatic carbocycles. The predicted molar refractivity (Wildman–Crippen MR) is 166 cm³/mol. The molecule has 47 heavy (non-hydrogen) atoms. The second-order valence-corrected chi connectivity index (χ2v) is 14.9. The lowest BCUT2D eigenvalue weighted by Crippen LogP contribution is -2.62. The fourth-order valence-electron chi connectivity index (χ4n) is 9.12. The van der Waals surface area contributed by atoms with Crippen molar-refractivity contribution in [3.63, 3.8) is 0 Å². The van der Waals surface area contributed by atoms with Crippen molar-refractivity contribution in [3.8, 4) is 0 Å². The Labute approximate surface area is 274 Å². The predicted octanol–water partition coefficient (Wildman–Crippen LogP) is 1.20. The number of Topliss-reactive ketones (excluding diaryl/α,β-unsaturated/α-hetero) is 1. The molecule has 10 atom stereocenters. The van der Waals surface area contributed by atoms with Crippen LogP contribution in [0.3, 0.4) is 0 Å². The summed E-state index contributed by atoms with van der Waals surface area (Å²) in [5.41, 5.74) is -1.95. The van der Waals surface area contributed by atoms with Gasteiger partial charge in [0, 0.05) is 18.3 Å². The maximum absolute atomic E-state index is 13.5. The summed E-state index contributed by atoms with van der Waals surface area (Å²) in [6.07, 6.45) is 2.42. The van der Waals surface area contributed by atoms with E-state index in [0.29, 0.717) is 19.3 Å². The first-order valence-electron chi connectivity index (χ1n) is 16.7. The van der Waals surface area contributed by atoms with Crippen molar-refractivity contribution in [2.45, 2.75) is 122 Å². The van der Waals surface area contributed by atoms with Gasteiger partial charge in [0.15, 0.2) is 18.4 Å². The number of ketones is 2. The number of carbonyl (C=O) groups excluding carboxylic acids is 5. The van der Waals surface area contributed by atoms with E-state index in [-0.39, 0.29) is 48.2 Å². The summed E-state index contributed by atoms with van der Waals surface area (Å²) < 4.78 is 5.19. The molecule has 0 unspecified atom stereocenters. The van der Waals surface area contributed by atoms with E-state index in [1.807, 2.05) is 6.92 Å². The van der Waals surface area contributed by atoms with Crippen molar-refractivity contribution in [2.75, 3.05) is 6.61 Å². The van der Waals surface area contributed by atoms with E-state index in [1.54, 1.807) is 19.9 Å². The first-order chi connectivity index (χ1) is 21.9. The van der Waals surface area contributed by atoms with Crippen molar-refractivity contribution in [1.29, 1.82) is 0 Å². The van der Waals surface area contributed by atoms with E-state index >= 15 is 0 Å². The van der Waals surface area contributed by atoms with Gasteiger partial charge in [0.25, 0.3) is 0 Å². The molecule has 4 aliphatic rings. The molecule has 0 spiro atoms. The Morgan fingerprint density at radius 1 is 1.00 bits per heavy atom. The van der Waals surface area contributed by atoms with E-state index in [1.165, 1.54) is 6.92 Å². The summed E-state index contributed by atoms with van der Waals surface area (Å²) in [7, 11) is 0. The number of ether oxygens (including phenoxy) is 1. The van der Waals surface area contributed by atoms with Crippen molar-refractivity contribution >= 4 is 35.3 Å². The van der Waals surface area contributed by atoms with Crippen LogP contribution in [0.2, 0.25) is 0 Å². The molecule has 0 bridgehead atoms. The molecule has 13 heteroatoms. The number of nitrogens with one attached hydrogen (secondary N) is 2. The average molecular weight is 663 g/mol. The molecule has 4 rings (SSSR count). The Morgan fingerprint density at radius 3 is 2.30 bits per heavy atom. The maximum Gasteiger partial charge on any atom is 0.328 e. The number of amides is 2. The zero-order valence-corrected chi connectivity index (χ0v) is 27.9. The van der Waals surface area contributed by atoms with Crippen molar-refractivity contribution in [3.05, 3.63) is 11.6 Å². The van der Waals surface area contributed by atoms with Gasteiger partial charge in [-0.1, -0.05) is 33.3 Å². The van der Waals surface area contributed by atoms with Gasteiger partial charge in [0.1, 0.15) is 11.6 Å². The minimum absolute atomic E-state index is 0.0299. The highest BCUT2D eigenvalue weighted by atomic mass is 16.5. The fraction of sp³-hybridized carbons (Fsp3) is 0.765. The van der Waals surface area contributed by atoms with Crippen LogP contribution in [-0.2, 0) is 33.5 Å². The lowest BCUT2D eigenvalue weighted by molar-refractivity contribution is -0.184. The SMILES string of the molecule is CC(C)[C@H](NC(=O)CCC(=O)OCC(=O)[C@@]1(O)CC[C@H]2[C@H]3CCC4=CC(=O)CC[C@]4(C)[C@@H]3[C@@H](O)C[C@@]21C)C(=O)N[C@H](C(=O)O)[C@@H](C)O. The van der Waals surface area contributed by atoms with Gasteiger partial charge in [-0.2, -0.15) is 0 Å². The number of hydrogen-bond donors (Lipinski definition) is 6. The molecule has 4 aliphatic carbocycles. The zero-order valence-electron chi connectivity index (χ0n) is 27.9. The van der Waals surface area contributed by atoms with Crippen LogP contribution in [0, 0.1) is 34.5 Å². The minimum Gasteiger partial charge on any atom is -0.480 e. The van der Waals surface area contributed by atoms with Gasteiger partial charge >= 0.3 is 11.9 Å². The third-order valence-electron chi connectivity index (χ3n) is 11.7. The molecule has 262 valence electrons. The third-order valence-corrected chi connectivity index (χ3v) is 11.7. The summed E-state index contributed by atoms with van der Waals surface area (Å²) in [4.78, 5) is 74.7. The third kappa shape index (κ3) is 6.89. The fourth-order valence-corrected chi connectivity index (χ4v) is 9.12. The highest BCUT2D eigenvalue weighted by Crippen LogP contribution is 2.67. The maximum atomic E-state index is 13.5. The minimum atomic E-state index is -1.81. The number of carboxylic acids is 1. The van der Waals surface area contributed by atoms with Gasteiger partial charge in [-0.25, -0.2) is 4.79 Å². The summed E-state index contributed by atoms with van der Waals surface area (Å²) in [5.74, 6) is -4.79. The van der Waals surface area contributed by atoms with Crippen LogP contribution in [0.4, 0.5) is 0 Å². The Balaban J connectivity index is 1.32. The van der Waals surface area contributed by atoms with Crippen LogP contribution in [0.15, 0.2) is 11.6 Å². The highest BCUT2D eigenvalue weighted by molar-refractivity contribution is 5.93. The van der Waals surface area contributed by atoms with E-state index in [2.05, 4.69) is 17.6 Å². The number of carbonyl (C=O) groups is 6. The Bertz CT molecular complexity index is 1330. The number of aliphatic carboxylic acids is 1. The normalized spacial score (nSPS) is 34.9. The largest absolute Gasteiger partial charge is 0.480 e. The van der Waals surface area contributed by atoms with Crippen LogP contribution in [0.5, 0.6) is 0 Å². The van der Waals surface area contributed by atoms with Gasteiger partial charge in [-0.3, -0.25) is 24.0 Å². The average Bonchev–Trinajstić information content (AvgIpc) is 3.26. The van der Waals surface area contributed by atoms with Gasteiger partial charge in [0.2, 0.25) is 17.6 Å². The molecule has 2 amide bonds. The number of rotatable bonds is 12. The second-order valence-electron chi connectivity index (χ2n) is 14.9. The topological polar surface area (TPSA) is 217 Å². The molecule has 0 heterocycles. The van der Waals surface area contributed by atoms with Gasteiger partial charge < -0.3 is 35.8 Å². The number of aliphatic hydroxyl groups excluding tert-OH is 2. The number of carboxylic acid groups (broad SMARTS) is 1. The van der Waals surface area contributed by atoms with Crippen molar-refractivity contribution in [2.24, 2.45) is 34.5 Å². The second kappa shape index (κ2) is 13.8. The number of hydrogen-bond acceptors (Lipinski definition) is 10. The number of allylic oxidation sites excluding steroid dienone is 1. The van der Waals surface area contributed by atoms with Gasteiger partial charge in [-0.15, -0.1) is 0 Å². The number of aliphatic hydroxyl groups is 3. The first-order valence-corrected chi connectivity index (χ1v) is 16.7. The van der Waals surface area contributed by atoms with Gasteiger partial charge in [-0.05, 0) is 80.6 Å². The molecular weight excluding hydrogens is 612 g/mol. The molecule has 3 fully saturated rings. The Hall–Kier alpha value is -3.16. The van der Waals surface area contributed by atoms with E-state index in [0.717, 1.165) is 18.4 Å². The summed E-state index contributed by atoms with van der Waals surface area (Å²) in [6.45, 7) is 7.75. The van der Waals surface area contributed by atoms with Crippen molar-refractivity contribution < 1.29 is 53.9 Å². The lowest BCUT2D eigenvalue weighted by Gasteiger charge is -2.60. The molecule has 0 saturated heterocycles. The van der Waals surface area contributed by atoms with Crippen LogP contribution in [0.1, 0.15) is 92.4 Å². The summed E-state index contributed by atoms with van der Waals surface area (Å²) in [6, 6.07) is -2.70. The summed E-state index contributed by atoms with van der Waals surface area (Å²) in [5, 5.41) is 46.9. The van der Waals surface area contributed by atoms with E-state index < -0.39 is 83.8 Å². The summed E-state index contributed by atoms with van der Waals surface area (Å²) >= 11 is 0. The van der Waals surface area contributed by atoms with Crippen LogP contribution in [0.25, 0.3) is 0 Å². The molecule has 0 aromatic heterocycles. The quantitative estimate of drug-likeness (QED) is 0.163.